The Kier molecular flexibility index (Phi) is 5.33. The molecule has 0 saturated heterocycles. The molecule has 1 heterocycles. The third kappa shape index (κ3) is 4.12. The molecule has 0 radical (unpaired) electrons. The molecule has 1 N–H and O–H groups in total. The van der Waals surface area contributed by atoms with E-state index < -0.39 is 0 Å². The Morgan fingerprint density at radius 1 is 1.39 bits per heavy atom. The Morgan fingerprint density at radius 3 is 2.91 bits per heavy atom. The number of thioether (sulfide) groups is 1. The lowest BCUT2D eigenvalue weighted by molar-refractivity contribution is -0.118. The second-order valence-corrected chi connectivity index (χ2v) is 8.18. The summed E-state index contributed by atoms with van der Waals surface area (Å²) in [4.78, 5) is 12.2. The second-order valence-electron chi connectivity index (χ2n) is 6.13. The van der Waals surface area contributed by atoms with Crippen molar-refractivity contribution in [1.29, 1.82) is 0 Å². The molecule has 0 spiro atoms. The topological polar surface area (TPSA) is 54.9 Å². The van der Waals surface area contributed by atoms with Gasteiger partial charge in [0.15, 0.2) is 4.34 Å². The fourth-order valence-corrected chi connectivity index (χ4v) is 4.58. The Labute approximate surface area is 145 Å². The lowest BCUT2D eigenvalue weighted by Gasteiger charge is -2.30. The number of hydrogen-bond donors (Lipinski definition) is 1. The van der Waals surface area contributed by atoms with Crippen molar-refractivity contribution in [3.05, 3.63) is 40.9 Å². The van der Waals surface area contributed by atoms with Gasteiger partial charge in [0.05, 0.1) is 5.75 Å². The molecule has 1 amide bonds. The molecule has 1 aliphatic rings. The van der Waals surface area contributed by atoms with Crippen LogP contribution in [-0.2, 0) is 10.2 Å². The molecule has 6 heteroatoms. The van der Waals surface area contributed by atoms with Crippen molar-refractivity contribution in [2.75, 3.05) is 12.3 Å². The number of nitrogens with zero attached hydrogens (tertiary/aromatic N) is 2. The molecule has 1 aliphatic carbocycles. The van der Waals surface area contributed by atoms with E-state index in [1.54, 1.807) is 5.51 Å². The van der Waals surface area contributed by atoms with E-state index in [1.165, 1.54) is 47.1 Å². The molecule has 0 bridgehead atoms. The number of carbonyl (C=O) groups excluding carboxylic acids is 1. The second kappa shape index (κ2) is 7.45. The maximum atomic E-state index is 12.2. The van der Waals surface area contributed by atoms with Crippen molar-refractivity contribution in [2.24, 2.45) is 0 Å². The van der Waals surface area contributed by atoms with Crippen LogP contribution in [0.4, 0.5) is 0 Å². The van der Waals surface area contributed by atoms with E-state index in [9.17, 15) is 4.79 Å². The molecule has 0 atom stereocenters. The Bertz CT molecular complexity index is 652. The normalized spacial score (nSPS) is 16.4. The van der Waals surface area contributed by atoms with E-state index in [0.29, 0.717) is 5.75 Å². The van der Waals surface area contributed by atoms with Gasteiger partial charge in [-0.3, -0.25) is 4.79 Å². The Hall–Kier alpha value is -1.40. The molecule has 1 aromatic carbocycles. The third-order valence-electron chi connectivity index (χ3n) is 4.48. The van der Waals surface area contributed by atoms with Crippen LogP contribution in [0.25, 0.3) is 0 Å². The number of hydrogen-bond acceptors (Lipinski definition) is 5. The summed E-state index contributed by atoms with van der Waals surface area (Å²) < 4.78 is 0.842. The van der Waals surface area contributed by atoms with Crippen LogP contribution in [0.2, 0.25) is 0 Å². The summed E-state index contributed by atoms with van der Waals surface area (Å²) in [5.41, 5.74) is 4.44. The predicted octanol–water partition coefficient (Wildman–Crippen LogP) is 3.57. The summed E-state index contributed by atoms with van der Waals surface area (Å²) in [6.45, 7) is 2.86. The van der Waals surface area contributed by atoms with Crippen molar-refractivity contribution >= 4 is 29.0 Å². The number of aromatic nitrogens is 2. The highest BCUT2D eigenvalue weighted by atomic mass is 32.2. The maximum absolute atomic E-state index is 12.2. The molecule has 23 heavy (non-hydrogen) atoms. The van der Waals surface area contributed by atoms with Gasteiger partial charge in [0.25, 0.3) is 0 Å². The molecule has 2 aromatic rings. The monoisotopic (exact) mass is 347 g/mol. The van der Waals surface area contributed by atoms with Crippen molar-refractivity contribution in [1.82, 2.24) is 15.5 Å². The van der Waals surface area contributed by atoms with Crippen LogP contribution in [0, 0.1) is 6.92 Å². The van der Waals surface area contributed by atoms with Crippen LogP contribution < -0.4 is 5.32 Å². The van der Waals surface area contributed by atoms with E-state index in [4.69, 9.17) is 0 Å². The summed E-state index contributed by atoms with van der Waals surface area (Å²) in [6, 6.07) is 8.73. The van der Waals surface area contributed by atoms with Gasteiger partial charge in [0, 0.05) is 12.0 Å². The van der Waals surface area contributed by atoms with Gasteiger partial charge in [0.2, 0.25) is 5.91 Å². The summed E-state index contributed by atoms with van der Waals surface area (Å²) in [5.74, 6) is 0.475. The number of benzene rings is 1. The summed E-state index contributed by atoms with van der Waals surface area (Å²) in [6.07, 6.45) is 4.78. The van der Waals surface area contributed by atoms with Gasteiger partial charge in [-0.05, 0) is 25.3 Å². The molecular formula is C17H21N3OS2. The molecule has 0 aliphatic heterocycles. The lowest BCUT2D eigenvalue weighted by Crippen LogP contribution is -2.39. The first-order valence-corrected chi connectivity index (χ1v) is 9.77. The third-order valence-corrected chi connectivity index (χ3v) is 6.34. The quantitative estimate of drug-likeness (QED) is 0.812. The van der Waals surface area contributed by atoms with Crippen LogP contribution in [0.15, 0.2) is 34.1 Å². The average Bonchev–Trinajstić information content (AvgIpc) is 3.23. The number of aryl methyl sites for hydroxylation is 1. The smallest absolute Gasteiger partial charge is 0.230 e. The first-order valence-electron chi connectivity index (χ1n) is 7.91. The maximum Gasteiger partial charge on any atom is 0.230 e. The molecule has 1 saturated carbocycles. The zero-order valence-corrected chi connectivity index (χ0v) is 14.9. The lowest BCUT2D eigenvalue weighted by atomic mass is 9.78. The highest BCUT2D eigenvalue weighted by Gasteiger charge is 2.35. The first-order chi connectivity index (χ1) is 11.2. The minimum Gasteiger partial charge on any atom is -0.354 e. The van der Waals surface area contributed by atoms with Crippen LogP contribution in [0.3, 0.4) is 0 Å². The van der Waals surface area contributed by atoms with Gasteiger partial charge in [-0.1, -0.05) is 65.8 Å². The van der Waals surface area contributed by atoms with Gasteiger partial charge in [0.1, 0.15) is 5.51 Å². The van der Waals surface area contributed by atoms with E-state index in [2.05, 4.69) is 46.7 Å². The molecule has 4 nitrogen and oxygen atoms in total. The van der Waals surface area contributed by atoms with E-state index in [0.717, 1.165) is 23.7 Å². The number of carbonyl (C=O) groups is 1. The average molecular weight is 348 g/mol. The standard InChI is InChI=1S/C17H21N3OS2/c1-13-5-4-6-14(9-13)17(7-2-3-8-17)11-18-15(21)10-22-16-20-19-12-23-16/h4-6,9,12H,2-3,7-8,10-11H2,1H3,(H,18,21). The molecular weight excluding hydrogens is 326 g/mol. The molecule has 3 rings (SSSR count). The van der Waals surface area contributed by atoms with Crippen LogP contribution >= 0.6 is 23.1 Å². The minimum atomic E-state index is 0.0733. The van der Waals surface area contributed by atoms with Crippen LogP contribution in [-0.4, -0.2) is 28.4 Å². The van der Waals surface area contributed by atoms with Crippen LogP contribution in [0.5, 0.6) is 0 Å². The largest absolute Gasteiger partial charge is 0.354 e. The predicted molar refractivity (Wildman–Crippen MR) is 95.0 cm³/mol. The number of amides is 1. The number of nitrogens with one attached hydrogen (secondary N) is 1. The highest BCUT2D eigenvalue weighted by Crippen LogP contribution is 2.40. The van der Waals surface area contributed by atoms with Gasteiger partial charge in [-0.15, -0.1) is 10.2 Å². The molecule has 122 valence electrons. The van der Waals surface area contributed by atoms with Crippen molar-refractivity contribution in [2.45, 2.75) is 42.4 Å². The fourth-order valence-electron chi connectivity index (χ4n) is 3.27. The molecule has 0 unspecified atom stereocenters. The first kappa shape index (κ1) is 16.5. The minimum absolute atomic E-state index is 0.0733. The van der Waals surface area contributed by atoms with Gasteiger partial charge in [-0.25, -0.2) is 0 Å². The SMILES string of the molecule is Cc1cccc(C2(CNC(=O)CSc3nncs3)CCCC2)c1. The summed E-state index contributed by atoms with van der Waals surface area (Å²) >= 11 is 2.91. The highest BCUT2D eigenvalue weighted by molar-refractivity contribution is 8.01. The van der Waals surface area contributed by atoms with Gasteiger partial charge in [-0.2, -0.15) is 0 Å². The van der Waals surface area contributed by atoms with Gasteiger partial charge >= 0.3 is 0 Å². The molecule has 1 fully saturated rings. The van der Waals surface area contributed by atoms with E-state index in [1.807, 2.05) is 0 Å². The van der Waals surface area contributed by atoms with Crippen molar-refractivity contribution < 1.29 is 4.79 Å². The van der Waals surface area contributed by atoms with E-state index >= 15 is 0 Å². The fraction of sp³-hybridized carbons (Fsp3) is 0.471. The summed E-state index contributed by atoms with van der Waals surface area (Å²) in [7, 11) is 0. The zero-order chi connectivity index (χ0) is 16.1. The zero-order valence-electron chi connectivity index (χ0n) is 13.2. The van der Waals surface area contributed by atoms with E-state index in [-0.39, 0.29) is 11.3 Å². The number of rotatable bonds is 6. The van der Waals surface area contributed by atoms with Crippen molar-refractivity contribution in [3.63, 3.8) is 0 Å². The van der Waals surface area contributed by atoms with Gasteiger partial charge < -0.3 is 5.32 Å². The summed E-state index contributed by atoms with van der Waals surface area (Å²) in [5, 5.41) is 10.9. The van der Waals surface area contributed by atoms with Crippen LogP contribution in [0.1, 0.15) is 36.8 Å². The van der Waals surface area contributed by atoms with Crippen molar-refractivity contribution in [3.8, 4) is 0 Å². The Balaban J connectivity index is 1.60. The Morgan fingerprint density at radius 2 is 2.22 bits per heavy atom. The molecule has 1 aromatic heterocycles.